The number of carbonyl (C=O) groups excluding carboxylic acids is 2. The summed E-state index contributed by atoms with van der Waals surface area (Å²) < 4.78 is 38.1. The molecule has 0 heterocycles. The fraction of sp³-hybridized carbons (Fsp3) is 0.357. The summed E-state index contributed by atoms with van der Waals surface area (Å²) in [7, 11) is 3.31. The van der Waals surface area contributed by atoms with Crippen molar-refractivity contribution in [2.24, 2.45) is 4.99 Å². The molecule has 1 N–H and O–H groups in total. The summed E-state index contributed by atoms with van der Waals surface area (Å²) >= 11 is 5.61. The van der Waals surface area contributed by atoms with E-state index in [9.17, 15) is 22.8 Å². The third-order valence-corrected chi connectivity index (χ3v) is 2.84. The maximum Gasteiger partial charge on any atom is 0.416 e. The lowest BCUT2D eigenvalue weighted by Crippen LogP contribution is -2.38. The number of hydrogen-bond acceptors (Lipinski definition) is 2. The first-order valence-electron chi connectivity index (χ1n) is 6.44. The minimum atomic E-state index is -4.63. The van der Waals surface area contributed by atoms with Gasteiger partial charge in [-0.05, 0) is 25.1 Å². The van der Waals surface area contributed by atoms with Crippen LogP contribution in [0.5, 0.6) is 0 Å². The Balaban J connectivity index is 2.90. The number of alkyl halides is 3. The Morgan fingerprint density at radius 3 is 2.43 bits per heavy atom. The Morgan fingerprint density at radius 2 is 1.91 bits per heavy atom. The highest BCUT2D eigenvalue weighted by molar-refractivity contribution is 6.31. The molecule has 0 aliphatic heterocycles. The molecule has 0 fully saturated rings. The molecule has 1 atom stereocenters. The van der Waals surface area contributed by atoms with Gasteiger partial charge in [0.15, 0.2) is 0 Å². The van der Waals surface area contributed by atoms with Crippen molar-refractivity contribution in [2.45, 2.75) is 19.1 Å². The Kier molecular flexibility index (Phi) is 6.14. The summed E-state index contributed by atoms with van der Waals surface area (Å²) in [6, 6.07) is 1.48. The second-order valence-corrected chi connectivity index (χ2v) is 5.40. The third kappa shape index (κ3) is 5.90. The van der Waals surface area contributed by atoms with E-state index in [-0.39, 0.29) is 10.6 Å². The second-order valence-electron chi connectivity index (χ2n) is 4.97. The molecule has 126 valence electrons. The number of carbonyl (C=O) groups is 2. The Morgan fingerprint density at radius 1 is 1.30 bits per heavy atom. The maximum atomic E-state index is 12.7. The smallest absolute Gasteiger partial charge is 0.369 e. The number of rotatable bonds is 4. The molecule has 0 saturated heterocycles. The van der Waals surface area contributed by atoms with Crippen molar-refractivity contribution in [3.05, 3.63) is 34.3 Å². The van der Waals surface area contributed by atoms with Crippen LogP contribution in [0.4, 0.5) is 13.2 Å². The molecule has 0 bridgehead atoms. The third-order valence-electron chi connectivity index (χ3n) is 2.62. The highest BCUT2D eigenvalue weighted by atomic mass is 35.5. The van der Waals surface area contributed by atoms with E-state index < -0.39 is 29.6 Å². The molecule has 2 amide bonds. The summed E-state index contributed by atoms with van der Waals surface area (Å²) in [6.45, 7) is 1.38. The van der Waals surface area contributed by atoms with Gasteiger partial charge in [0.2, 0.25) is 0 Å². The van der Waals surface area contributed by atoms with Gasteiger partial charge in [-0.1, -0.05) is 11.6 Å². The number of aliphatic imine (C=N–C) groups is 1. The van der Waals surface area contributed by atoms with Gasteiger partial charge in [-0.2, -0.15) is 13.2 Å². The van der Waals surface area contributed by atoms with Gasteiger partial charge >= 0.3 is 6.18 Å². The van der Waals surface area contributed by atoms with Crippen LogP contribution in [-0.2, 0) is 11.0 Å². The Bertz CT molecular complexity index is 630. The summed E-state index contributed by atoms with van der Waals surface area (Å²) in [4.78, 5) is 28.8. The summed E-state index contributed by atoms with van der Waals surface area (Å²) in [5, 5.41) is 2.05. The molecule has 1 rings (SSSR count). The molecular weight excluding hydrogens is 335 g/mol. The lowest BCUT2D eigenvalue weighted by Gasteiger charge is -2.13. The molecule has 0 aromatic heterocycles. The Labute approximate surface area is 136 Å². The summed E-state index contributed by atoms with van der Waals surface area (Å²) in [6.07, 6.45) is -3.37. The lowest BCUT2D eigenvalue weighted by molar-refractivity contribution is -0.137. The molecule has 0 aliphatic rings. The van der Waals surface area contributed by atoms with E-state index in [4.69, 9.17) is 11.6 Å². The number of benzene rings is 1. The van der Waals surface area contributed by atoms with Crippen LogP contribution in [0.25, 0.3) is 0 Å². The zero-order valence-electron chi connectivity index (χ0n) is 12.6. The topological polar surface area (TPSA) is 61.8 Å². The lowest BCUT2D eigenvalue weighted by atomic mass is 10.1. The van der Waals surface area contributed by atoms with E-state index >= 15 is 0 Å². The van der Waals surface area contributed by atoms with E-state index in [1.807, 2.05) is 0 Å². The van der Waals surface area contributed by atoms with Crippen molar-refractivity contribution in [2.75, 3.05) is 14.1 Å². The molecule has 0 saturated carbocycles. The zero-order chi connectivity index (χ0) is 17.8. The maximum absolute atomic E-state index is 12.7. The molecule has 5 nitrogen and oxygen atoms in total. The first-order chi connectivity index (χ1) is 10.5. The fourth-order valence-electron chi connectivity index (χ4n) is 1.51. The van der Waals surface area contributed by atoms with Gasteiger partial charge in [0.05, 0.1) is 11.9 Å². The van der Waals surface area contributed by atoms with Gasteiger partial charge < -0.3 is 10.2 Å². The molecular formula is C14H15ClF3N3O2. The normalized spacial score (nSPS) is 13.0. The molecule has 0 unspecified atom stereocenters. The van der Waals surface area contributed by atoms with Crippen LogP contribution in [-0.4, -0.2) is 43.2 Å². The quantitative estimate of drug-likeness (QED) is 0.671. The van der Waals surface area contributed by atoms with E-state index in [0.717, 1.165) is 6.07 Å². The largest absolute Gasteiger partial charge is 0.416 e. The minimum absolute atomic E-state index is 0.227. The van der Waals surface area contributed by atoms with Gasteiger partial charge in [0.25, 0.3) is 11.8 Å². The first kappa shape index (κ1) is 19.0. The molecule has 0 radical (unpaired) electrons. The fourth-order valence-corrected chi connectivity index (χ4v) is 1.75. The van der Waals surface area contributed by atoms with E-state index in [0.29, 0.717) is 12.1 Å². The van der Waals surface area contributed by atoms with Crippen LogP contribution < -0.4 is 5.32 Å². The van der Waals surface area contributed by atoms with Crippen molar-refractivity contribution in [3.8, 4) is 0 Å². The predicted octanol–water partition coefficient (Wildman–Crippen LogP) is 2.59. The average Bonchev–Trinajstić information content (AvgIpc) is 2.42. The van der Waals surface area contributed by atoms with Gasteiger partial charge in [-0.25, -0.2) is 4.99 Å². The molecule has 1 aromatic rings. The van der Waals surface area contributed by atoms with Crippen LogP contribution in [0.15, 0.2) is 23.2 Å². The van der Waals surface area contributed by atoms with Crippen molar-refractivity contribution in [1.82, 2.24) is 10.2 Å². The summed E-state index contributed by atoms with van der Waals surface area (Å²) in [5.41, 5.74) is -1.33. The second kappa shape index (κ2) is 7.45. The van der Waals surface area contributed by atoms with Gasteiger partial charge in [0.1, 0.15) is 6.04 Å². The molecule has 0 spiro atoms. The zero-order valence-corrected chi connectivity index (χ0v) is 13.4. The Hall–Kier alpha value is -2.09. The average molecular weight is 350 g/mol. The van der Waals surface area contributed by atoms with Gasteiger partial charge in [0, 0.05) is 24.7 Å². The van der Waals surface area contributed by atoms with Crippen LogP contribution in [0.1, 0.15) is 22.8 Å². The minimum Gasteiger partial charge on any atom is -0.369 e. The van der Waals surface area contributed by atoms with E-state index in [2.05, 4.69) is 10.3 Å². The number of nitrogens with one attached hydrogen (secondary N) is 1. The van der Waals surface area contributed by atoms with Crippen molar-refractivity contribution in [3.63, 3.8) is 0 Å². The predicted molar refractivity (Wildman–Crippen MR) is 80.6 cm³/mol. The van der Waals surface area contributed by atoms with Crippen molar-refractivity contribution < 1.29 is 22.8 Å². The van der Waals surface area contributed by atoms with Gasteiger partial charge in [-0.3, -0.25) is 9.59 Å². The molecule has 9 heteroatoms. The van der Waals surface area contributed by atoms with E-state index in [1.165, 1.54) is 18.2 Å². The molecule has 23 heavy (non-hydrogen) atoms. The summed E-state index contributed by atoms with van der Waals surface area (Å²) in [5.74, 6) is -1.48. The standard InChI is InChI=1S/C14H15ClF3N3O2/c1-8(12(22)19-7-21(2)3)20-13(23)9-4-10(14(16,17)18)6-11(15)5-9/h4-8H,1-3H3,(H,20,23)/t8-/m0/s1. The van der Waals surface area contributed by atoms with Crippen LogP contribution in [0.3, 0.4) is 0 Å². The first-order valence-corrected chi connectivity index (χ1v) is 6.81. The van der Waals surface area contributed by atoms with Crippen LogP contribution in [0.2, 0.25) is 5.02 Å². The monoisotopic (exact) mass is 349 g/mol. The number of amides is 2. The van der Waals surface area contributed by atoms with Crippen molar-refractivity contribution >= 4 is 29.8 Å². The van der Waals surface area contributed by atoms with Crippen LogP contribution >= 0.6 is 11.6 Å². The number of halogens is 4. The highest BCUT2D eigenvalue weighted by Crippen LogP contribution is 2.31. The van der Waals surface area contributed by atoms with Crippen LogP contribution in [0, 0.1) is 0 Å². The molecule has 0 aliphatic carbocycles. The number of hydrogen-bond donors (Lipinski definition) is 1. The van der Waals surface area contributed by atoms with E-state index in [1.54, 1.807) is 14.1 Å². The number of nitrogens with zero attached hydrogens (tertiary/aromatic N) is 2. The van der Waals surface area contributed by atoms with Crippen molar-refractivity contribution in [1.29, 1.82) is 0 Å². The van der Waals surface area contributed by atoms with Gasteiger partial charge in [-0.15, -0.1) is 0 Å². The molecule has 1 aromatic carbocycles. The SMILES string of the molecule is C[C@H](NC(=O)c1cc(Cl)cc(C(F)(F)F)c1)C(=O)N=CN(C)C. The highest BCUT2D eigenvalue weighted by Gasteiger charge is 2.32.